The van der Waals surface area contributed by atoms with Crippen LogP contribution < -0.4 is 10.2 Å². The van der Waals surface area contributed by atoms with Crippen LogP contribution in [0.25, 0.3) is 0 Å². The molecule has 3 aromatic carbocycles. The van der Waals surface area contributed by atoms with Crippen molar-refractivity contribution >= 4 is 23.2 Å². The molecule has 0 bridgehead atoms. The fourth-order valence-corrected chi connectivity index (χ4v) is 3.24. The van der Waals surface area contributed by atoms with E-state index in [0.717, 1.165) is 16.8 Å². The topological polar surface area (TPSA) is 61.8 Å². The molecule has 1 atom stereocenters. The van der Waals surface area contributed by atoms with E-state index >= 15 is 0 Å². The summed E-state index contributed by atoms with van der Waals surface area (Å²) in [7, 11) is 1.70. The Balaban J connectivity index is 1.79. The maximum absolute atomic E-state index is 13.1. The number of carbonyl (C=O) groups is 2. The first-order chi connectivity index (χ1) is 13.6. The molecule has 5 heteroatoms. The second-order valence-corrected chi connectivity index (χ2v) is 6.50. The number of nitrogens with one attached hydrogen (secondary N) is 1. The van der Waals surface area contributed by atoms with Gasteiger partial charge in [0.1, 0.15) is 0 Å². The van der Waals surface area contributed by atoms with Gasteiger partial charge in [0.25, 0.3) is 11.8 Å². The van der Waals surface area contributed by atoms with Gasteiger partial charge in [-0.3, -0.25) is 9.59 Å². The Morgan fingerprint density at radius 2 is 1.50 bits per heavy atom. The zero-order chi connectivity index (χ0) is 19.5. The molecular weight excluding hydrogens is 352 g/mol. The Morgan fingerprint density at radius 3 is 2.21 bits per heavy atom. The molecule has 0 spiro atoms. The summed E-state index contributed by atoms with van der Waals surface area (Å²) in [6.07, 6.45) is -1.01. The van der Waals surface area contributed by atoms with Gasteiger partial charge in [-0.05, 0) is 18.2 Å². The predicted molar refractivity (Wildman–Crippen MR) is 110 cm³/mol. The van der Waals surface area contributed by atoms with Crippen molar-refractivity contribution in [1.29, 1.82) is 0 Å². The molecule has 1 heterocycles. The zero-order valence-corrected chi connectivity index (χ0v) is 15.4. The second kappa shape index (κ2) is 7.48. The van der Waals surface area contributed by atoms with Gasteiger partial charge in [0, 0.05) is 23.7 Å². The number of aliphatic imine (C=N–C) groups is 1. The van der Waals surface area contributed by atoms with Crippen LogP contribution in [-0.2, 0) is 4.79 Å². The van der Waals surface area contributed by atoms with Crippen molar-refractivity contribution in [3.63, 3.8) is 0 Å². The molecule has 0 aliphatic carbocycles. The van der Waals surface area contributed by atoms with Gasteiger partial charge < -0.3 is 10.2 Å². The largest absolute Gasteiger partial charge is 0.322 e. The molecule has 0 aromatic heterocycles. The minimum atomic E-state index is -1.01. The number of anilines is 1. The van der Waals surface area contributed by atoms with Crippen molar-refractivity contribution in [2.45, 2.75) is 6.17 Å². The van der Waals surface area contributed by atoms with Crippen LogP contribution in [-0.4, -0.2) is 30.7 Å². The molecule has 5 nitrogen and oxygen atoms in total. The first-order valence-electron chi connectivity index (χ1n) is 9.01. The van der Waals surface area contributed by atoms with Gasteiger partial charge in [-0.1, -0.05) is 66.7 Å². The van der Waals surface area contributed by atoms with E-state index in [1.165, 1.54) is 0 Å². The van der Waals surface area contributed by atoms with Gasteiger partial charge in [0.2, 0.25) is 6.17 Å². The highest BCUT2D eigenvalue weighted by Gasteiger charge is 2.31. The Hall–Kier alpha value is -3.73. The number of nitrogens with zero attached hydrogens (tertiary/aromatic N) is 2. The van der Waals surface area contributed by atoms with E-state index in [2.05, 4.69) is 10.3 Å². The lowest BCUT2D eigenvalue weighted by Crippen LogP contribution is -2.46. The van der Waals surface area contributed by atoms with E-state index in [1.807, 2.05) is 60.7 Å². The third-order valence-corrected chi connectivity index (χ3v) is 4.69. The van der Waals surface area contributed by atoms with Gasteiger partial charge in [-0.2, -0.15) is 0 Å². The van der Waals surface area contributed by atoms with Crippen LogP contribution >= 0.6 is 0 Å². The maximum Gasteiger partial charge on any atom is 0.272 e. The van der Waals surface area contributed by atoms with Crippen LogP contribution in [0.15, 0.2) is 89.9 Å². The predicted octanol–water partition coefficient (Wildman–Crippen LogP) is 3.26. The third kappa shape index (κ3) is 3.30. The summed E-state index contributed by atoms with van der Waals surface area (Å²) >= 11 is 0. The van der Waals surface area contributed by atoms with Crippen LogP contribution in [0.4, 0.5) is 5.69 Å². The Labute approximate surface area is 163 Å². The number of benzene rings is 3. The van der Waals surface area contributed by atoms with Crippen molar-refractivity contribution in [3.05, 3.63) is 102 Å². The van der Waals surface area contributed by atoms with Crippen molar-refractivity contribution < 1.29 is 9.59 Å². The highest BCUT2D eigenvalue weighted by molar-refractivity contribution is 6.20. The van der Waals surface area contributed by atoms with E-state index in [1.54, 1.807) is 36.2 Å². The number of hydrogen-bond donors (Lipinski definition) is 1. The van der Waals surface area contributed by atoms with E-state index < -0.39 is 6.17 Å². The summed E-state index contributed by atoms with van der Waals surface area (Å²) in [5.41, 5.74) is 3.65. The van der Waals surface area contributed by atoms with Gasteiger partial charge in [-0.15, -0.1) is 0 Å². The summed E-state index contributed by atoms with van der Waals surface area (Å²) in [6.45, 7) is 0. The van der Waals surface area contributed by atoms with E-state index in [9.17, 15) is 9.59 Å². The lowest BCUT2D eigenvalue weighted by atomic mass is 10.0. The fourth-order valence-electron chi connectivity index (χ4n) is 3.24. The Kier molecular flexibility index (Phi) is 4.72. The number of benzodiazepines with no additional fused rings is 1. The van der Waals surface area contributed by atoms with Gasteiger partial charge in [0.05, 0.1) is 11.4 Å². The van der Waals surface area contributed by atoms with Crippen LogP contribution in [0.1, 0.15) is 21.5 Å². The SMILES string of the molecule is CN1C(=O)C(N[14C](=O)c2ccccc2)N=C(c2ccccc2)c2ccccc21. The molecular formula is C23H19N3O2. The average Bonchev–Trinajstić information content (AvgIpc) is 2.86. The van der Waals surface area contributed by atoms with Crippen molar-refractivity contribution in [2.24, 2.45) is 4.99 Å². The lowest BCUT2D eigenvalue weighted by Gasteiger charge is -2.20. The highest BCUT2D eigenvalue weighted by Crippen LogP contribution is 2.27. The number of para-hydroxylation sites is 1. The number of carbonyl (C=O) groups excluding carboxylic acids is 2. The van der Waals surface area contributed by atoms with E-state index in [4.69, 9.17) is 0 Å². The van der Waals surface area contributed by atoms with Gasteiger partial charge in [-0.25, -0.2) is 4.99 Å². The van der Waals surface area contributed by atoms with Crippen molar-refractivity contribution in [3.8, 4) is 0 Å². The molecule has 28 heavy (non-hydrogen) atoms. The smallest absolute Gasteiger partial charge is 0.272 e. The number of fused-ring (bicyclic) bond motifs is 1. The zero-order valence-electron chi connectivity index (χ0n) is 15.4. The van der Waals surface area contributed by atoms with Gasteiger partial charge in [0.15, 0.2) is 0 Å². The number of rotatable bonds is 3. The minimum Gasteiger partial charge on any atom is -0.322 e. The minimum absolute atomic E-state index is 0.289. The van der Waals surface area contributed by atoms with Crippen molar-refractivity contribution in [1.82, 2.24) is 5.32 Å². The number of likely N-dealkylation sites (N-methyl/N-ethyl adjacent to an activating group) is 1. The van der Waals surface area contributed by atoms with Gasteiger partial charge >= 0.3 is 0 Å². The lowest BCUT2D eigenvalue weighted by molar-refractivity contribution is -0.119. The second-order valence-electron chi connectivity index (χ2n) is 6.50. The molecule has 1 N–H and O–H groups in total. The average molecular weight is 371 g/mol. The summed E-state index contributed by atoms with van der Waals surface area (Å²) < 4.78 is 0. The van der Waals surface area contributed by atoms with Crippen LogP contribution in [0.2, 0.25) is 0 Å². The molecule has 4 rings (SSSR count). The molecule has 0 saturated heterocycles. The molecule has 1 aliphatic heterocycles. The summed E-state index contributed by atoms with van der Waals surface area (Å²) in [5, 5.41) is 2.77. The fraction of sp³-hybridized carbons (Fsp3) is 0.0870. The number of amides is 2. The molecule has 1 aliphatic rings. The highest BCUT2D eigenvalue weighted by atomic mass is 16.3. The molecule has 0 saturated carbocycles. The summed E-state index contributed by atoms with van der Waals surface area (Å²) in [4.78, 5) is 31.9. The Bertz CT molecular complexity index is 1050. The summed E-state index contributed by atoms with van der Waals surface area (Å²) in [6, 6.07) is 26.1. The first kappa shape index (κ1) is 17.7. The maximum atomic E-state index is 13.1. The molecule has 1 unspecified atom stereocenters. The molecule has 0 radical (unpaired) electrons. The van der Waals surface area contributed by atoms with E-state index in [0.29, 0.717) is 11.3 Å². The molecule has 138 valence electrons. The van der Waals surface area contributed by atoms with Crippen LogP contribution in [0.5, 0.6) is 0 Å². The monoisotopic (exact) mass is 371 g/mol. The first-order valence-corrected chi connectivity index (χ1v) is 9.01. The standard InChI is InChI=1S/C23H19N3O2/c1-26-19-15-9-8-14-18(19)20(16-10-4-2-5-11-16)24-21(23(26)28)25-22(27)17-12-6-3-7-13-17/h2-15,21H,1H3,(H,25,27)/i22+2. The Morgan fingerprint density at radius 1 is 0.893 bits per heavy atom. The molecule has 2 amide bonds. The number of hydrogen-bond acceptors (Lipinski definition) is 3. The normalized spacial score (nSPS) is 16.0. The van der Waals surface area contributed by atoms with Crippen LogP contribution in [0, 0.1) is 0 Å². The molecule has 3 aromatic rings. The molecule has 0 fully saturated rings. The van der Waals surface area contributed by atoms with Crippen molar-refractivity contribution in [2.75, 3.05) is 11.9 Å². The quantitative estimate of drug-likeness (QED) is 0.768. The van der Waals surface area contributed by atoms with E-state index in [-0.39, 0.29) is 11.8 Å². The summed E-state index contributed by atoms with van der Waals surface area (Å²) in [5.74, 6) is -0.628. The van der Waals surface area contributed by atoms with Crippen LogP contribution in [0.3, 0.4) is 0 Å². The third-order valence-electron chi connectivity index (χ3n) is 4.69.